The molecule has 1 N–H and O–H groups in total. The number of carbonyl (C=O) groups is 2. The van der Waals surface area contributed by atoms with Crippen molar-refractivity contribution in [2.24, 2.45) is 13.0 Å². The van der Waals surface area contributed by atoms with Crippen molar-refractivity contribution in [1.29, 1.82) is 0 Å². The van der Waals surface area contributed by atoms with Gasteiger partial charge in [0.05, 0.1) is 5.69 Å². The van der Waals surface area contributed by atoms with Crippen LogP contribution in [0.15, 0.2) is 6.07 Å². The molecule has 0 spiro atoms. The third kappa shape index (κ3) is 3.13. The van der Waals surface area contributed by atoms with E-state index in [2.05, 4.69) is 10.4 Å². The highest BCUT2D eigenvalue weighted by Gasteiger charge is 2.26. The van der Waals surface area contributed by atoms with E-state index < -0.39 is 0 Å². The lowest BCUT2D eigenvalue weighted by molar-refractivity contribution is -0.132. The summed E-state index contributed by atoms with van der Waals surface area (Å²) in [7, 11) is 1.81. The second-order valence-corrected chi connectivity index (χ2v) is 5.06. The molecule has 0 atom stereocenters. The van der Waals surface area contributed by atoms with Crippen molar-refractivity contribution in [3.8, 4) is 0 Å². The number of likely N-dealkylation sites (tertiary alicyclic amines) is 1. The van der Waals surface area contributed by atoms with Gasteiger partial charge in [0.2, 0.25) is 11.8 Å². The maximum atomic E-state index is 12.1. The van der Waals surface area contributed by atoms with E-state index in [1.54, 1.807) is 23.6 Å². The normalized spacial score (nSPS) is 16.5. The summed E-state index contributed by atoms with van der Waals surface area (Å²) >= 11 is 0. The first-order chi connectivity index (χ1) is 8.97. The third-order valence-corrected chi connectivity index (χ3v) is 3.56. The van der Waals surface area contributed by atoms with E-state index in [9.17, 15) is 9.59 Å². The molecule has 1 saturated heterocycles. The Labute approximate surface area is 112 Å². The van der Waals surface area contributed by atoms with Gasteiger partial charge in [-0.2, -0.15) is 5.10 Å². The fraction of sp³-hybridized carbons (Fsp3) is 0.615. The highest BCUT2D eigenvalue weighted by molar-refractivity contribution is 5.92. The first-order valence-electron chi connectivity index (χ1n) is 6.54. The van der Waals surface area contributed by atoms with Crippen LogP contribution >= 0.6 is 0 Å². The molecule has 1 aliphatic rings. The average Bonchev–Trinajstić information content (AvgIpc) is 2.68. The summed E-state index contributed by atoms with van der Waals surface area (Å²) in [6.07, 6.45) is 1.45. The van der Waals surface area contributed by atoms with E-state index in [1.165, 1.54) is 0 Å². The lowest BCUT2D eigenvalue weighted by Gasteiger charge is -2.30. The van der Waals surface area contributed by atoms with Crippen LogP contribution in [0.4, 0.5) is 5.82 Å². The second-order valence-electron chi connectivity index (χ2n) is 5.06. The Balaban J connectivity index is 1.91. The number of aromatic nitrogens is 2. The predicted octanol–water partition coefficient (Wildman–Crippen LogP) is 0.926. The van der Waals surface area contributed by atoms with Gasteiger partial charge in [-0.05, 0) is 19.8 Å². The SMILES string of the molecule is CC(=O)N1CCC(C(=O)Nc2cc(C)nn2C)CC1. The highest BCUT2D eigenvalue weighted by Crippen LogP contribution is 2.19. The van der Waals surface area contributed by atoms with Crippen LogP contribution in [0, 0.1) is 12.8 Å². The standard InChI is InChI=1S/C13H20N4O2/c1-9-8-12(16(3)15-9)14-13(19)11-4-6-17(7-5-11)10(2)18/h8,11H,4-7H2,1-3H3,(H,14,19). The van der Waals surface area contributed by atoms with Gasteiger partial charge >= 0.3 is 0 Å². The van der Waals surface area contributed by atoms with Crippen molar-refractivity contribution in [3.05, 3.63) is 11.8 Å². The van der Waals surface area contributed by atoms with Crippen molar-refractivity contribution in [2.75, 3.05) is 18.4 Å². The molecule has 2 amide bonds. The number of nitrogens with zero attached hydrogens (tertiary/aromatic N) is 3. The average molecular weight is 264 g/mol. The highest BCUT2D eigenvalue weighted by atomic mass is 16.2. The smallest absolute Gasteiger partial charge is 0.228 e. The van der Waals surface area contributed by atoms with Crippen LogP contribution in [0.3, 0.4) is 0 Å². The molecule has 0 unspecified atom stereocenters. The molecule has 0 aliphatic carbocycles. The minimum Gasteiger partial charge on any atom is -0.343 e. The van der Waals surface area contributed by atoms with Crippen LogP contribution in [-0.2, 0) is 16.6 Å². The monoisotopic (exact) mass is 264 g/mol. The van der Waals surface area contributed by atoms with Crippen molar-refractivity contribution >= 4 is 17.6 Å². The van der Waals surface area contributed by atoms with Gasteiger partial charge in [-0.15, -0.1) is 0 Å². The predicted molar refractivity (Wildman–Crippen MR) is 71.6 cm³/mol. The Morgan fingerprint density at radius 1 is 1.37 bits per heavy atom. The molecule has 2 heterocycles. The Morgan fingerprint density at radius 2 is 2.00 bits per heavy atom. The molecule has 6 heteroatoms. The van der Waals surface area contributed by atoms with Crippen LogP contribution in [0.1, 0.15) is 25.5 Å². The van der Waals surface area contributed by atoms with Crippen molar-refractivity contribution in [1.82, 2.24) is 14.7 Å². The minimum atomic E-state index is -0.0224. The number of hydrogen-bond acceptors (Lipinski definition) is 3. The van der Waals surface area contributed by atoms with Gasteiger partial charge in [-0.1, -0.05) is 0 Å². The van der Waals surface area contributed by atoms with E-state index in [4.69, 9.17) is 0 Å². The number of carbonyl (C=O) groups excluding carboxylic acids is 2. The molecule has 6 nitrogen and oxygen atoms in total. The Hall–Kier alpha value is -1.85. The molecule has 2 rings (SSSR count). The number of piperidine rings is 1. The first kappa shape index (κ1) is 13.6. The largest absolute Gasteiger partial charge is 0.343 e. The van der Waals surface area contributed by atoms with Crippen LogP contribution in [-0.4, -0.2) is 39.6 Å². The first-order valence-corrected chi connectivity index (χ1v) is 6.54. The summed E-state index contributed by atoms with van der Waals surface area (Å²) in [6, 6.07) is 1.85. The van der Waals surface area contributed by atoms with Gasteiger partial charge < -0.3 is 10.2 Å². The fourth-order valence-corrected chi connectivity index (χ4v) is 2.41. The Bertz CT molecular complexity index is 487. The quantitative estimate of drug-likeness (QED) is 0.864. The van der Waals surface area contributed by atoms with Gasteiger partial charge in [-0.3, -0.25) is 14.3 Å². The lowest BCUT2D eigenvalue weighted by Crippen LogP contribution is -2.40. The van der Waals surface area contributed by atoms with Crippen LogP contribution < -0.4 is 5.32 Å². The topological polar surface area (TPSA) is 67.2 Å². The molecule has 0 aromatic carbocycles. The molecule has 1 aromatic rings. The third-order valence-electron chi connectivity index (χ3n) is 3.56. The Morgan fingerprint density at radius 3 is 2.47 bits per heavy atom. The van der Waals surface area contributed by atoms with Crippen molar-refractivity contribution in [2.45, 2.75) is 26.7 Å². The summed E-state index contributed by atoms with van der Waals surface area (Å²) in [4.78, 5) is 25.2. The molecule has 1 fully saturated rings. The maximum absolute atomic E-state index is 12.1. The van der Waals surface area contributed by atoms with Crippen molar-refractivity contribution in [3.63, 3.8) is 0 Å². The van der Waals surface area contributed by atoms with Crippen LogP contribution in [0.2, 0.25) is 0 Å². The lowest BCUT2D eigenvalue weighted by atomic mass is 9.96. The van der Waals surface area contributed by atoms with Gasteiger partial charge in [-0.25, -0.2) is 0 Å². The van der Waals surface area contributed by atoms with E-state index >= 15 is 0 Å². The summed E-state index contributed by atoms with van der Waals surface area (Å²) in [5.41, 5.74) is 0.879. The molecule has 0 bridgehead atoms. The molecular formula is C13H20N4O2. The molecule has 1 aliphatic heterocycles. The zero-order valence-corrected chi connectivity index (χ0v) is 11.6. The van der Waals surface area contributed by atoms with Crippen molar-refractivity contribution < 1.29 is 9.59 Å². The van der Waals surface area contributed by atoms with Crippen LogP contribution in [0.25, 0.3) is 0 Å². The van der Waals surface area contributed by atoms with E-state index in [0.29, 0.717) is 13.1 Å². The molecule has 0 radical (unpaired) electrons. The van der Waals surface area contributed by atoms with Gasteiger partial charge in [0.25, 0.3) is 0 Å². The second kappa shape index (κ2) is 5.42. The number of aryl methyl sites for hydroxylation is 2. The number of rotatable bonds is 2. The number of hydrogen-bond donors (Lipinski definition) is 1. The summed E-state index contributed by atoms with van der Waals surface area (Å²) in [6.45, 7) is 4.79. The summed E-state index contributed by atoms with van der Waals surface area (Å²) in [5.74, 6) is 0.801. The van der Waals surface area contributed by atoms with E-state index in [1.807, 2.05) is 13.0 Å². The van der Waals surface area contributed by atoms with Crippen LogP contribution in [0.5, 0.6) is 0 Å². The van der Waals surface area contributed by atoms with E-state index in [-0.39, 0.29) is 17.7 Å². The molecular weight excluding hydrogens is 244 g/mol. The number of nitrogens with one attached hydrogen (secondary N) is 1. The van der Waals surface area contributed by atoms with Gasteiger partial charge in [0.1, 0.15) is 5.82 Å². The molecule has 104 valence electrons. The number of amides is 2. The summed E-state index contributed by atoms with van der Waals surface area (Å²) < 4.78 is 1.66. The molecule has 19 heavy (non-hydrogen) atoms. The minimum absolute atomic E-state index is 0.0196. The van der Waals surface area contributed by atoms with Gasteiger partial charge in [0.15, 0.2) is 0 Å². The zero-order chi connectivity index (χ0) is 14.0. The Kier molecular flexibility index (Phi) is 3.87. The number of anilines is 1. The molecule has 1 aromatic heterocycles. The zero-order valence-electron chi connectivity index (χ0n) is 11.6. The molecule has 0 saturated carbocycles. The fourth-order valence-electron chi connectivity index (χ4n) is 2.41. The van der Waals surface area contributed by atoms with E-state index in [0.717, 1.165) is 24.4 Å². The van der Waals surface area contributed by atoms with Gasteiger partial charge in [0, 0.05) is 39.0 Å². The summed E-state index contributed by atoms with van der Waals surface area (Å²) in [5, 5.41) is 7.10. The maximum Gasteiger partial charge on any atom is 0.228 e.